The molecule has 0 amide bonds. The van der Waals surface area contributed by atoms with Crippen molar-refractivity contribution in [3.05, 3.63) is 21.4 Å². The van der Waals surface area contributed by atoms with Crippen LogP contribution in [0.25, 0.3) is 0 Å². The van der Waals surface area contributed by atoms with E-state index in [0.717, 1.165) is 12.5 Å². The Morgan fingerprint density at radius 3 is 2.56 bits per heavy atom. The maximum absolute atomic E-state index is 3.70. The van der Waals surface area contributed by atoms with E-state index < -0.39 is 0 Å². The minimum absolute atomic E-state index is 0.593. The van der Waals surface area contributed by atoms with Gasteiger partial charge in [-0.2, -0.15) is 0 Å². The van der Waals surface area contributed by atoms with Crippen LogP contribution >= 0.6 is 11.3 Å². The lowest BCUT2D eigenvalue weighted by Gasteiger charge is -2.26. The van der Waals surface area contributed by atoms with Gasteiger partial charge in [0.05, 0.1) is 0 Å². The first-order valence-electron chi connectivity index (χ1n) is 7.51. The minimum Gasteiger partial charge on any atom is -0.310 e. The first-order chi connectivity index (χ1) is 8.70. The van der Waals surface area contributed by atoms with E-state index in [0.29, 0.717) is 6.04 Å². The average molecular weight is 265 g/mol. The molecule has 1 unspecified atom stereocenters. The Morgan fingerprint density at radius 2 is 2.00 bits per heavy atom. The Morgan fingerprint density at radius 1 is 1.28 bits per heavy atom. The number of hydrogen-bond acceptors (Lipinski definition) is 2. The molecule has 1 aromatic rings. The monoisotopic (exact) mass is 265 g/mol. The van der Waals surface area contributed by atoms with Crippen molar-refractivity contribution in [3.63, 3.8) is 0 Å². The molecule has 1 aromatic heterocycles. The predicted molar refractivity (Wildman–Crippen MR) is 81.4 cm³/mol. The molecular weight excluding hydrogens is 238 g/mol. The molecule has 0 radical (unpaired) electrons. The van der Waals surface area contributed by atoms with Gasteiger partial charge in [0, 0.05) is 15.8 Å². The molecule has 0 bridgehead atoms. The van der Waals surface area contributed by atoms with Crippen molar-refractivity contribution in [1.29, 1.82) is 0 Å². The number of nitrogens with one attached hydrogen (secondary N) is 1. The van der Waals surface area contributed by atoms with Crippen molar-refractivity contribution in [2.45, 2.75) is 65.3 Å². The lowest BCUT2D eigenvalue weighted by Crippen LogP contribution is -2.23. The summed E-state index contributed by atoms with van der Waals surface area (Å²) in [6.45, 7) is 7.78. The molecule has 1 heterocycles. The summed E-state index contributed by atoms with van der Waals surface area (Å²) in [4.78, 5) is 3.04. The maximum Gasteiger partial charge on any atom is 0.0417 e. The third-order valence-corrected chi connectivity index (χ3v) is 5.54. The largest absolute Gasteiger partial charge is 0.310 e. The quantitative estimate of drug-likeness (QED) is 0.791. The van der Waals surface area contributed by atoms with Crippen molar-refractivity contribution in [3.8, 4) is 0 Å². The van der Waals surface area contributed by atoms with E-state index >= 15 is 0 Å². The van der Waals surface area contributed by atoms with Crippen molar-refractivity contribution < 1.29 is 0 Å². The zero-order valence-corrected chi connectivity index (χ0v) is 12.9. The third-order valence-electron chi connectivity index (χ3n) is 4.27. The summed E-state index contributed by atoms with van der Waals surface area (Å²) < 4.78 is 0. The Labute approximate surface area is 116 Å². The molecule has 0 aliphatic heterocycles. The van der Waals surface area contributed by atoms with Gasteiger partial charge in [0.25, 0.3) is 0 Å². The van der Waals surface area contributed by atoms with Gasteiger partial charge in [0.15, 0.2) is 0 Å². The summed E-state index contributed by atoms with van der Waals surface area (Å²) in [5.74, 6) is 0.950. The van der Waals surface area contributed by atoms with Crippen molar-refractivity contribution in [2.24, 2.45) is 5.92 Å². The first-order valence-corrected chi connectivity index (χ1v) is 8.32. The molecule has 1 aliphatic carbocycles. The minimum atomic E-state index is 0.593. The summed E-state index contributed by atoms with van der Waals surface area (Å²) in [6.07, 6.45) is 8.60. The highest BCUT2D eigenvalue weighted by Crippen LogP contribution is 2.35. The first kappa shape index (κ1) is 14.1. The van der Waals surface area contributed by atoms with E-state index in [-0.39, 0.29) is 0 Å². The second-order valence-electron chi connectivity index (χ2n) is 5.74. The highest BCUT2D eigenvalue weighted by atomic mass is 32.1. The lowest BCUT2D eigenvalue weighted by atomic mass is 9.84. The second-order valence-corrected chi connectivity index (χ2v) is 7.03. The van der Waals surface area contributed by atoms with E-state index in [2.05, 4.69) is 32.2 Å². The summed E-state index contributed by atoms with van der Waals surface area (Å²) >= 11 is 1.99. The van der Waals surface area contributed by atoms with Gasteiger partial charge in [-0.1, -0.05) is 39.0 Å². The number of thiophene rings is 1. The van der Waals surface area contributed by atoms with Crippen LogP contribution < -0.4 is 5.32 Å². The van der Waals surface area contributed by atoms with Crippen LogP contribution in [0.15, 0.2) is 6.07 Å². The predicted octanol–water partition coefficient (Wildman–Crippen LogP) is 4.99. The van der Waals surface area contributed by atoms with E-state index in [1.165, 1.54) is 49.0 Å². The van der Waals surface area contributed by atoms with Crippen LogP contribution in [0.3, 0.4) is 0 Å². The fourth-order valence-corrected chi connectivity index (χ4v) is 4.21. The second kappa shape index (κ2) is 6.72. The molecule has 0 saturated heterocycles. The fourth-order valence-electron chi connectivity index (χ4n) is 3.08. The molecule has 0 aromatic carbocycles. The fraction of sp³-hybridized carbons (Fsp3) is 0.750. The highest BCUT2D eigenvalue weighted by Gasteiger charge is 2.21. The van der Waals surface area contributed by atoms with E-state index in [1.807, 2.05) is 11.3 Å². The molecule has 1 aliphatic rings. The third kappa shape index (κ3) is 3.58. The number of hydrogen-bond donors (Lipinski definition) is 1. The molecule has 1 fully saturated rings. The number of aryl methyl sites for hydroxylation is 2. The molecule has 2 rings (SSSR count). The maximum atomic E-state index is 3.70. The molecular formula is C16H27NS. The van der Waals surface area contributed by atoms with Crippen LogP contribution in [0.2, 0.25) is 0 Å². The topological polar surface area (TPSA) is 12.0 Å². The molecule has 0 spiro atoms. The van der Waals surface area contributed by atoms with Crippen LogP contribution in [0.4, 0.5) is 0 Å². The van der Waals surface area contributed by atoms with E-state index in [1.54, 1.807) is 4.88 Å². The van der Waals surface area contributed by atoms with Crippen LogP contribution in [-0.2, 0) is 0 Å². The SMILES string of the molecule is CCNC(CC1CCCCC1)c1cc(C)c(C)s1. The lowest BCUT2D eigenvalue weighted by molar-refractivity contribution is 0.303. The zero-order valence-electron chi connectivity index (χ0n) is 12.1. The van der Waals surface area contributed by atoms with Gasteiger partial charge in [0.2, 0.25) is 0 Å². The van der Waals surface area contributed by atoms with Gasteiger partial charge in [0.1, 0.15) is 0 Å². The van der Waals surface area contributed by atoms with Crippen molar-refractivity contribution in [1.82, 2.24) is 5.32 Å². The molecule has 18 heavy (non-hydrogen) atoms. The summed E-state index contributed by atoms with van der Waals surface area (Å²) in [6, 6.07) is 2.99. The highest BCUT2D eigenvalue weighted by molar-refractivity contribution is 7.12. The van der Waals surface area contributed by atoms with Crippen LogP contribution in [-0.4, -0.2) is 6.54 Å². The summed E-state index contributed by atoms with van der Waals surface area (Å²) in [5.41, 5.74) is 1.46. The molecule has 2 heteroatoms. The van der Waals surface area contributed by atoms with Gasteiger partial charge in [-0.3, -0.25) is 0 Å². The van der Waals surface area contributed by atoms with Gasteiger partial charge in [-0.25, -0.2) is 0 Å². The normalized spacial score (nSPS) is 19.1. The van der Waals surface area contributed by atoms with E-state index in [9.17, 15) is 0 Å². The van der Waals surface area contributed by atoms with Crippen LogP contribution in [0, 0.1) is 19.8 Å². The standard InChI is InChI=1S/C16H27NS/c1-4-17-15(11-14-8-6-5-7-9-14)16-10-12(2)13(3)18-16/h10,14-15,17H,4-9,11H2,1-3H3. The molecule has 102 valence electrons. The van der Waals surface area contributed by atoms with Crippen LogP contribution in [0.1, 0.15) is 66.8 Å². The molecule has 1 saturated carbocycles. The van der Waals surface area contributed by atoms with Crippen molar-refractivity contribution in [2.75, 3.05) is 6.54 Å². The smallest absolute Gasteiger partial charge is 0.0417 e. The van der Waals surface area contributed by atoms with Gasteiger partial charge in [-0.15, -0.1) is 11.3 Å². The Hall–Kier alpha value is -0.340. The van der Waals surface area contributed by atoms with Gasteiger partial charge < -0.3 is 5.32 Å². The van der Waals surface area contributed by atoms with Crippen LogP contribution in [0.5, 0.6) is 0 Å². The summed E-state index contributed by atoms with van der Waals surface area (Å²) in [7, 11) is 0. The Bertz CT molecular complexity index is 344. The average Bonchev–Trinajstić information content (AvgIpc) is 2.70. The van der Waals surface area contributed by atoms with Gasteiger partial charge in [-0.05, 0) is 44.4 Å². The van der Waals surface area contributed by atoms with E-state index in [4.69, 9.17) is 0 Å². The summed E-state index contributed by atoms with van der Waals surface area (Å²) in [5, 5.41) is 3.70. The zero-order chi connectivity index (χ0) is 13.0. The van der Waals surface area contributed by atoms with Crippen molar-refractivity contribution >= 4 is 11.3 Å². The van der Waals surface area contributed by atoms with Gasteiger partial charge >= 0.3 is 0 Å². The number of rotatable bonds is 5. The molecule has 1 nitrogen and oxygen atoms in total. The molecule has 1 N–H and O–H groups in total. The Balaban J connectivity index is 2.02. The Kier molecular flexibility index (Phi) is 5.25. The molecule has 1 atom stereocenters.